The minimum Gasteiger partial charge on any atom is -0.330 e. The smallest absolute Gasteiger partial charge is 0.136 e. The van der Waals surface area contributed by atoms with E-state index in [1.54, 1.807) is 17.8 Å². The van der Waals surface area contributed by atoms with Crippen LogP contribution in [0.1, 0.15) is 20.3 Å². The molecule has 84 valence electrons. The highest BCUT2D eigenvalue weighted by Crippen LogP contribution is 2.26. The monoisotopic (exact) mass is 227 g/mol. The van der Waals surface area contributed by atoms with Gasteiger partial charge < -0.3 is 5.73 Å². The fourth-order valence-corrected chi connectivity index (χ4v) is 2.36. The molecule has 0 bridgehead atoms. The quantitative estimate of drug-likeness (QED) is 0.781. The third-order valence-electron chi connectivity index (χ3n) is 2.43. The van der Waals surface area contributed by atoms with Crippen molar-refractivity contribution >= 4 is 11.8 Å². The van der Waals surface area contributed by atoms with Crippen molar-refractivity contribution in [1.82, 2.24) is 0 Å². The highest BCUT2D eigenvalue weighted by molar-refractivity contribution is 7.99. The van der Waals surface area contributed by atoms with Gasteiger partial charge in [-0.15, -0.1) is 11.8 Å². The van der Waals surface area contributed by atoms with E-state index in [0.29, 0.717) is 6.54 Å². The zero-order valence-corrected chi connectivity index (χ0v) is 10.1. The van der Waals surface area contributed by atoms with Crippen LogP contribution in [-0.2, 0) is 0 Å². The van der Waals surface area contributed by atoms with Crippen LogP contribution < -0.4 is 5.73 Å². The van der Waals surface area contributed by atoms with E-state index in [9.17, 15) is 4.39 Å². The van der Waals surface area contributed by atoms with Gasteiger partial charge in [-0.1, -0.05) is 26.0 Å². The van der Waals surface area contributed by atoms with E-state index in [2.05, 4.69) is 13.8 Å². The predicted molar refractivity (Wildman–Crippen MR) is 64.6 cm³/mol. The summed E-state index contributed by atoms with van der Waals surface area (Å²) in [6, 6.07) is 6.88. The Hall–Kier alpha value is -0.540. The molecule has 0 aliphatic rings. The molecule has 0 heterocycles. The molecule has 0 aliphatic carbocycles. The van der Waals surface area contributed by atoms with E-state index in [1.165, 1.54) is 6.07 Å². The molecule has 0 aromatic heterocycles. The first-order valence-electron chi connectivity index (χ1n) is 5.12. The summed E-state index contributed by atoms with van der Waals surface area (Å²) < 4.78 is 13.2. The molecular formula is C12H18FNS. The van der Waals surface area contributed by atoms with Crippen molar-refractivity contribution in [3.8, 4) is 0 Å². The SMILES string of the molecule is CC(C)(CN)CCSc1ccccc1F. The lowest BCUT2D eigenvalue weighted by atomic mass is 9.91. The number of benzene rings is 1. The van der Waals surface area contributed by atoms with Crippen LogP contribution in [0.4, 0.5) is 4.39 Å². The lowest BCUT2D eigenvalue weighted by Crippen LogP contribution is -2.24. The molecule has 0 amide bonds. The Morgan fingerprint density at radius 2 is 2.00 bits per heavy atom. The van der Waals surface area contributed by atoms with Gasteiger partial charge >= 0.3 is 0 Å². The van der Waals surface area contributed by atoms with Crippen LogP contribution >= 0.6 is 11.8 Å². The van der Waals surface area contributed by atoms with Gasteiger partial charge in [0.25, 0.3) is 0 Å². The minimum atomic E-state index is -0.131. The van der Waals surface area contributed by atoms with Crippen molar-refractivity contribution in [2.24, 2.45) is 11.1 Å². The van der Waals surface area contributed by atoms with Crippen molar-refractivity contribution in [3.05, 3.63) is 30.1 Å². The Balaban J connectivity index is 2.42. The number of hydrogen-bond donors (Lipinski definition) is 1. The van der Waals surface area contributed by atoms with Crippen LogP contribution in [0.25, 0.3) is 0 Å². The Bertz CT molecular complexity index is 312. The average molecular weight is 227 g/mol. The van der Waals surface area contributed by atoms with Gasteiger partial charge in [-0.25, -0.2) is 4.39 Å². The zero-order chi connectivity index (χ0) is 11.3. The van der Waals surface area contributed by atoms with E-state index >= 15 is 0 Å². The molecule has 15 heavy (non-hydrogen) atoms. The number of hydrogen-bond acceptors (Lipinski definition) is 2. The van der Waals surface area contributed by atoms with Crippen LogP contribution in [0.2, 0.25) is 0 Å². The van der Waals surface area contributed by atoms with Gasteiger partial charge in [0, 0.05) is 4.90 Å². The first-order valence-corrected chi connectivity index (χ1v) is 6.11. The minimum absolute atomic E-state index is 0.131. The highest BCUT2D eigenvalue weighted by atomic mass is 32.2. The number of halogens is 1. The Kier molecular flexibility index (Phi) is 4.61. The van der Waals surface area contributed by atoms with Crippen LogP contribution in [0, 0.1) is 11.2 Å². The summed E-state index contributed by atoms with van der Waals surface area (Å²) in [5.41, 5.74) is 5.78. The second-order valence-electron chi connectivity index (χ2n) is 4.40. The molecular weight excluding hydrogens is 209 g/mol. The molecule has 0 unspecified atom stereocenters. The number of thioether (sulfide) groups is 1. The van der Waals surface area contributed by atoms with E-state index < -0.39 is 0 Å². The van der Waals surface area contributed by atoms with Gasteiger partial charge in [-0.2, -0.15) is 0 Å². The molecule has 0 atom stereocenters. The van der Waals surface area contributed by atoms with Gasteiger partial charge in [0.05, 0.1) is 0 Å². The first-order chi connectivity index (χ1) is 7.05. The molecule has 1 aromatic rings. The average Bonchev–Trinajstić information content (AvgIpc) is 2.21. The maximum atomic E-state index is 13.2. The Morgan fingerprint density at radius 1 is 1.33 bits per heavy atom. The topological polar surface area (TPSA) is 26.0 Å². The van der Waals surface area contributed by atoms with E-state index in [-0.39, 0.29) is 11.2 Å². The largest absolute Gasteiger partial charge is 0.330 e. The lowest BCUT2D eigenvalue weighted by molar-refractivity contribution is 0.368. The maximum Gasteiger partial charge on any atom is 0.136 e. The summed E-state index contributed by atoms with van der Waals surface area (Å²) >= 11 is 1.56. The molecule has 0 aliphatic heterocycles. The predicted octanol–water partition coefficient (Wildman–Crippen LogP) is 3.29. The number of rotatable bonds is 5. The van der Waals surface area contributed by atoms with Gasteiger partial charge in [-0.3, -0.25) is 0 Å². The molecule has 1 aromatic carbocycles. The van der Waals surface area contributed by atoms with Crippen molar-refractivity contribution < 1.29 is 4.39 Å². The summed E-state index contributed by atoms with van der Waals surface area (Å²) in [5.74, 6) is 0.776. The molecule has 3 heteroatoms. The standard InChI is InChI=1S/C12H18FNS/c1-12(2,9-14)7-8-15-11-6-4-3-5-10(11)13/h3-6H,7-9,14H2,1-2H3. The van der Waals surface area contributed by atoms with Crippen LogP contribution in [0.15, 0.2) is 29.2 Å². The molecule has 0 fully saturated rings. The zero-order valence-electron chi connectivity index (χ0n) is 9.29. The van der Waals surface area contributed by atoms with Crippen molar-refractivity contribution in [1.29, 1.82) is 0 Å². The van der Waals surface area contributed by atoms with E-state index in [0.717, 1.165) is 17.1 Å². The normalized spacial score (nSPS) is 11.7. The fraction of sp³-hybridized carbons (Fsp3) is 0.500. The van der Waals surface area contributed by atoms with Crippen molar-refractivity contribution in [3.63, 3.8) is 0 Å². The fourth-order valence-electron chi connectivity index (χ4n) is 1.10. The summed E-state index contributed by atoms with van der Waals surface area (Å²) in [6.45, 7) is 4.94. The van der Waals surface area contributed by atoms with Gasteiger partial charge in [0.2, 0.25) is 0 Å². The Labute approximate surface area is 95.2 Å². The molecule has 2 N–H and O–H groups in total. The molecule has 1 nitrogen and oxygen atoms in total. The molecule has 0 spiro atoms. The maximum absolute atomic E-state index is 13.2. The third-order valence-corrected chi connectivity index (χ3v) is 3.48. The second-order valence-corrected chi connectivity index (χ2v) is 5.53. The van der Waals surface area contributed by atoms with Gasteiger partial charge in [0.1, 0.15) is 5.82 Å². The summed E-state index contributed by atoms with van der Waals surface area (Å²) in [4.78, 5) is 0.727. The van der Waals surface area contributed by atoms with Crippen LogP contribution in [-0.4, -0.2) is 12.3 Å². The lowest BCUT2D eigenvalue weighted by Gasteiger charge is -2.21. The molecule has 1 rings (SSSR count). The summed E-state index contributed by atoms with van der Waals surface area (Å²) in [7, 11) is 0. The highest BCUT2D eigenvalue weighted by Gasteiger charge is 2.15. The Morgan fingerprint density at radius 3 is 2.60 bits per heavy atom. The second kappa shape index (κ2) is 5.52. The van der Waals surface area contributed by atoms with Crippen LogP contribution in [0.5, 0.6) is 0 Å². The van der Waals surface area contributed by atoms with Crippen LogP contribution in [0.3, 0.4) is 0 Å². The first kappa shape index (κ1) is 12.5. The molecule has 0 saturated heterocycles. The summed E-state index contributed by atoms with van der Waals surface area (Å²) in [6.07, 6.45) is 1.00. The molecule has 0 saturated carbocycles. The van der Waals surface area contributed by atoms with E-state index in [1.807, 2.05) is 12.1 Å². The summed E-state index contributed by atoms with van der Waals surface area (Å²) in [5, 5.41) is 0. The molecule has 0 radical (unpaired) electrons. The van der Waals surface area contributed by atoms with Crippen molar-refractivity contribution in [2.75, 3.05) is 12.3 Å². The van der Waals surface area contributed by atoms with E-state index in [4.69, 9.17) is 5.73 Å². The van der Waals surface area contributed by atoms with Crippen molar-refractivity contribution in [2.45, 2.75) is 25.2 Å². The van der Waals surface area contributed by atoms with Gasteiger partial charge in [0.15, 0.2) is 0 Å². The van der Waals surface area contributed by atoms with Gasteiger partial charge in [-0.05, 0) is 36.3 Å². The third kappa shape index (κ3) is 4.22. The number of nitrogens with two attached hydrogens (primary N) is 1.